The van der Waals surface area contributed by atoms with Crippen molar-refractivity contribution in [2.45, 2.75) is 52.3 Å². The van der Waals surface area contributed by atoms with Crippen LogP contribution in [0, 0.1) is 0 Å². The fourth-order valence-electron chi connectivity index (χ4n) is 2.42. The molecular weight excluding hydrogens is 336 g/mol. The van der Waals surface area contributed by atoms with E-state index in [4.69, 9.17) is 9.47 Å². The second-order valence-electron chi connectivity index (χ2n) is 7.35. The lowest BCUT2D eigenvalue weighted by Crippen LogP contribution is -2.44. The minimum Gasteiger partial charge on any atom is -0.494 e. The predicted octanol–water partition coefficient (Wildman–Crippen LogP) is 2.67. The number of ether oxygens (including phenoxy) is 2. The summed E-state index contributed by atoms with van der Waals surface area (Å²) in [7, 11) is 3.92. The monoisotopic (exact) mass is 366 g/mol. The Labute approximate surface area is 155 Å². The molecule has 0 bridgehead atoms. The van der Waals surface area contributed by atoms with Crippen LogP contribution < -0.4 is 10.1 Å². The van der Waals surface area contributed by atoms with Crippen LogP contribution in [0.4, 0.5) is 4.79 Å². The van der Waals surface area contributed by atoms with E-state index in [0.717, 1.165) is 17.7 Å². The van der Waals surface area contributed by atoms with Crippen LogP contribution in [0.25, 0.3) is 0 Å². The quantitative estimate of drug-likeness (QED) is 0.735. The van der Waals surface area contributed by atoms with Crippen LogP contribution in [-0.4, -0.2) is 54.4 Å². The summed E-state index contributed by atoms with van der Waals surface area (Å²) in [6.45, 7) is 8.22. The van der Waals surface area contributed by atoms with Crippen LogP contribution in [0.15, 0.2) is 18.2 Å². The van der Waals surface area contributed by atoms with Crippen LogP contribution in [0.1, 0.15) is 38.8 Å². The smallest absolute Gasteiger partial charge is 0.408 e. The lowest BCUT2D eigenvalue weighted by molar-refractivity contribution is -0.139. The number of alkyl carbamates (subject to hydrolysis) is 1. The fourth-order valence-corrected chi connectivity index (χ4v) is 2.42. The zero-order valence-corrected chi connectivity index (χ0v) is 16.5. The van der Waals surface area contributed by atoms with E-state index < -0.39 is 23.7 Å². The van der Waals surface area contributed by atoms with Crippen LogP contribution in [0.5, 0.6) is 5.75 Å². The molecule has 1 unspecified atom stereocenters. The molecule has 1 amide bonds. The molecule has 7 heteroatoms. The summed E-state index contributed by atoms with van der Waals surface area (Å²) in [5, 5.41) is 11.9. The number of carboxylic acid groups (broad SMARTS) is 1. The van der Waals surface area contributed by atoms with Crippen molar-refractivity contribution in [1.82, 2.24) is 10.2 Å². The highest BCUT2D eigenvalue weighted by Gasteiger charge is 2.25. The van der Waals surface area contributed by atoms with Gasteiger partial charge >= 0.3 is 12.1 Å². The van der Waals surface area contributed by atoms with Gasteiger partial charge in [-0.2, -0.15) is 0 Å². The normalized spacial score (nSPS) is 12.6. The number of carbonyl (C=O) groups excluding carboxylic acids is 1. The molecule has 2 N–H and O–H groups in total. The largest absolute Gasteiger partial charge is 0.494 e. The molecule has 0 aliphatic rings. The molecule has 0 saturated heterocycles. The van der Waals surface area contributed by atoms with Crippen molar-refractivity contribution < 1.29 is 24.2 Å². The molecule has 0 aliphatic carbocycles. The first-order chi connectivity index (χ1) is 12.0. The third-order valence-electron chi connectivity index (χ3n) is 3.34. The van der Waals surface area contributed by atoms with Crippen LogP contribution in [-0.2, 0) is 22.5 Å². The van der Waals surface area contributed by atoms with Crippen molar-refractivity contribution in [2.75, 3.05) is 20.7 Å². The van der Waals surface area contributed by atoms with Crippen molar-refractivity contribution in [3.05, 3.63) is 29.3 Å². The van der Waals surface area contributed by atoms with Gasteiger partial charge in [-0.25, -0.2) is 9.59 Å². The van der Waals surface area contributed by atoms with Crippen molar-refractivity contribution in [3.8, 4) is 5.75 Å². The molecule has 0 saturated carbocycles. The van der Waals surface area contributed by atoms with Gasteiger partial charge in [-0.1, -0.05) is 12.1 Å². The number of nitrogens with one attached hydrogen (secondary N) is 1. The Morgan fingerprint density at radius 3 is 2.42 bits per heavy atom. The molecule has 26 heavy (non-hydrogen) atoms. The molecule has 0 heterocycles. The standard InChI is InChI=1S/C19H30N2O5/c1-7-25-16-9-8-13(12-21(5)6)10-14(16)11-15(17(22)23)20-18(24)26-19(2,3)4/h8-10,15H,7,11-12H2,1-6H3,(H,20,24)(H,22,23). The van der Waals surface area contributed by atoms with E-state index in [2.05, 4.69) is 5.32 Å². The highest BCUT2D eigenvalue weighted by atomic mass is 16.6. The Hall–Kier alpha value is -2.28. The molecule has 0 fully saturated rings. The zero-order chi connectivity index (χ0) is 19.9. The number of nitrogens with zero attached hydrogens (tertiary/aromatic N) is 1. The molecule has 7 nitrogen and oxygen atoms in total. The lowest BCUT2D eigenvalue weighted by Gasteiger charge is -2.22. The van der Waals surface area contributed by atoms with E-state index in [9.17, 15) is 14.7 Å². The average Bonchev–Trinajstić information content (AvgIpc) is 2.46. The first-order valence-corrected chi connectivity index (χ1v) is 8.63. The summed E-state index contributed by atoms with van der Waals surface area (Å²) >= 11 is 0. The van der Waals surface area contributed by atoms with Gasteiger partial charge in [-0.15, -0.1) is 0 Å². The molecule has 1 aromatic carbocycles. The van der Waals surface area contributed by atoms with Gasteiger partial charge in [0.05, 0.1) is 6.61 Å². The van der Waals surface area contributed by atoms with Crippen molar-refractivity contribution in [3.63, 3.8) is 0 Å². The van der Waals surface area contributed by atoms with Gasteiger partial charge in [0.2, 0.25) is 0 Å². The maximum Gasteiger partial charge on any atom is 0.408 e. The molecule has 0 spiro atoms. The summed E-state index contributed by atoms with van der Waals surface area (Å²) in [4.78, 5) is 25.6. The van der Waals surface area contributed by atoms with Crippen LogP contribution in [0.3, 0.4) is 0 Å². The fraction of sp³-hybridized carbons (Fsp3) is 0.579. The van der Waals surface area contributed by atoms with E-state index >= 15 is 0 Å². The average molecular weight is 366 g/mol. The highest BCUT2D eigenvalue weighted by molar-refractivity contribution is 5.80. The van der Waals surface area contributed by atoms with Crippen LogP contribution >= 0.6 is 0 Å². The number of hydrogen-bond donors (Lipinski definition) is 2. The van der Waals surface area contributed by atoms with Gasteiger partial charge in [0.1, 0.15) is 17.4 Å². The summed E-state index contributed by atoms with van der Waals surface area (Å²) in [6.07, 6.45) is -0.655. The second kappa shape index (κ2) is 9.43. The maximum atomic E-state index is 12.0. The molecule has 1 rings (SSSR count). The Kier molecular flexibility index (Phi) is 7.89. The molecule has 1 aromatic rings. The zero-order valence-electron chi connectivity index (χ0n) is 16.5. The van der Waals surface area contributed by atoms with E-state index in [1.54, 1.807) is 20.8 Å². The van der Waals surface area contributed by atoms with Crippen LogP contribution in [0.2, 0.25) is 0 Å². The summed E-state index contributed by atoms with van der Waals surface area (Å²) in [5.74, 6) is -0.511. The molecule has 0 aliphatic heterocycles. The number of hydrogen-bond acceptors (Lipinski definition) is 5. The third kappa shape index (κ3) is 7.74. The number of carboxylic acids is 1. The number of benzene rings is 1. The summed E-state index contributed by atoms with van der Waals surface area (Å²) < 4.78 is 10.8. The van der Waals surface area contributed by atoms with E-state index in [-0.39, 0.29) is 6.42 Å². The topological polar surface area (TPSA) is 88.1 Å². The molecule has 0 aromatic heterocycles. The van der Waals surface area contributed by atoms with Gasteiger partial charge < -0.3 is 24.8 Å². The van der Waals surface area contributed by atoms with Gasteiger partial charge in [-0.05, 0) is 59.0 Å². The van der Waals surface area contributed by atoms with E-state index in [0.29, 0.717) is 12.4 Å². The first kappa shape index (κ1) is 21.8. The third-order valence-corrected chi connectivity index (χ3v) is 3.34. The van der Waals surface area contributed by atoms with Gasteiger partial charge in [0, 0.05) is 13.0 Å². The molecule has 146 valence electrons. The Morgan fingerprint density at radius 2 is 1.92 bits per heavy atom. The Morgan fingerprint density at radius 1 is 1.27 bits per heavy atom. The van der Waals surface area contributed by atoms with Crippen molar-refractivity contribution in [2.24, 2.45) is 0 Å². The predicted molar refractivity (Wildman–Crippen MR) is 99.5 cm³/mol. The molecule has 0 radical (unpaired) electrons. The number of carbonyl (C=O) groups is 2. The summed E-state index contributed by atoms with van der Waals surface area (Å²) in [5.41, 5.74) is 1.07. The summed E-state index contributed by atoms with van der Waals surface area (Å²) in [6, 6.07) is 4.59. The SMILES string of the molecule is CCOc1ccc(CN(C)C)cc1CC(NC(=O)OC(C)(C)C)C(=O)O. The van der Waals surface area contributed by atoms with E-state index in [1.165, 1.54) is 0 Å². The van der Waals surface area contributed by atoms with Crippen molar-refractivity contribution >= 4 is 12.1 Å². The van der Waals surface area contributed by atoms with Gasteiger partial charge in [-0.3, -0.25) is 0 Å². The molecular formula is C19H30N2O5. The number of aliphatic carboxylic acids is 1. The molecule has 1 atom stereocenters. The minimum atomic E-state index is -1.13. The van der Waals surface area contributed by atoms with E-state index in [1.807, 2.05) is 44.1 Å². The first-order valence-electron chi connectivity index (χ1n) is 8.63. The Bertz CT molecular complexity index is 623. The highest BCUT2D eigenvalue weighted by Crippen LogP contribution is 2.23. The van der Waals surface area contributed by atoms with Gasteiger partial charge in [0.25, 0.3) is 0 Å². The lowest BCUT2D eigenvalue weighted by atomic mass is 10.0. The second-order valence-corrected chi connectivity index (χ2v) is 7.35. The van der Waals surface area contributed by atoms with Gasteiger partial charge in [0.15, 0.2) is 0 Å². The maximum absolute atomic E-state index is 12.0. The number of rotatable bonds is 8. The minimum absolute atomic E-state index is 0.102. The van der Waals surface area contributed by atoms with Crippen molar-refractivity contribution in [1.29, 1.82) is 0 Å². The Balaban J connectivity index is 3.01. The number of amides is 1.